The molecule has 0 saturated heterocycles. The fourth-order valence-electron chi connectivity index (χ4n) is 12.6. The van der Waals surface area contributed by atoms with Gasteiger partial charge in [-0.3, -0.25) is 40.5 Å². The van der Waals surface area contributed by atoms with E-state index in [-0.39, 0.29) is 116 Å². The van der Waals surface area contributed by atoms with E-state index in [4.69, 9.17) is 0 Å². The Morgan fingerprint density at radius 1 is 0.270 bits per heavy atom. The number of unbranched alkanes of at least 4 members (excludes halogenated alkanes) is 8. The van der Waals surface area contributed by atoms with Crippen LogP contribution < -0.4 is 0 Å². The molecule has 0 aliphatic heterocycles. The minimum absolute atomic E-state index is 0.0135. The predicted octanol–water partition coefficient (Wildman–Crippen LogP) is 21.8. The highest BCUT2D eigenvalue weighted by molar-refractivity contribution is 5.78. The highest BCUT2D eigenvalue weighted by Gasteiger charge is 2.38. The summed E-state index contributed by atoms with van der Waals surface area (Å²) in [6.07, 6.45) is 7.09. The lowest BCUT2D eigenvalue weighted by molar-refractivity contribution is -0.385. The Kier molecular flexibility index (Phi) is 23.9. The zero-order valence-electron chi connectivity index (χ0n) is 55.4. The van der Waals surface area contributed by atoms with Gasteiger partial charge in [0.1, 0.15) is 0 Å². The van der Waals surface area contributed by atoms with Crippen LogP contribution in [-0.4, -0.2) is 60.5 Å². The molecule has 1 aliphatic rings. The molecular weight excluding hydrogens is 1290 g/mol. The summed E-state index contributed by atoms with van der Waals surface area (Å²) in [6.45, 7) is 7.85. The van der Waals surface area contributed by atoms with Gasteiger partial charge in [0.2, 0.25) is 0 Å². The first kappa shape index (κ1) is 72.4. The zero-order valence-corrected chi connectivity index (χ0v) is 55.4. The summed E-state index contributed by atoms with van der Waals surface area (Å²) in [5.74, 6) is -9.96. The Balaban J connectivity index is 1.50. The van der Waals surface area contributed by atoms with E-state index in [9.17, 15) is 81.3 Å². The van der Waals surface area contributed by atoms with Crippen molar-refractivity contribution in [3.8, 4) is 46.0 Å². The van der Waals surface area contributed by atoms with Gasteiger partial charge in [-0.2, -0.15) is 20.5 Å². The van der Waals surface area contributed by atoms with Gasteiger partial charge >= 0.3 is 0 Å². The first-order valence-corrected chi connectivity index (χ1v) is 33.1. The quantitative estimate of drug-likeness (QED) is 0.00977. The van der Waals surface area contributed by atoms with E-state index < -0.39 is 112 Å². The monoisotopic (exact) mass is 1360 g/mol. The topological polar surface area (TPSA) is 433 Å². The van der Waals surface area contributed by atoms with Crippen LogP contribution in [0, 0.1) is 40.5 Å². The highest BCUT2D eigenvalue weighted by Crippen LogP contribution is 2.60. The molecule has 0 heterocycles. The van der Waals surface area contributed by atoms with Crippen molar-refractivity contribution in [3.05, 3.63) is 206 Å². The lowest BCUT2D eigenvalue weighted by Crippen LogP contribution is -2.12. The second kappa shape index (κ2) is 32.9. The van der Waals surface area contributed by atoms with Crippen molar-refractivity contribution in [1.82, 2.24) is 0 Å². The van der Waals surface area contributed by atoms with Crippen molar-refractivity contribution in [3.63, 3.8) is 0 Å². The van der Waals surface area contributed by atoms with Crippen LogP contribution in [-0.2, 0) is 0 Å². The summed E-state index contributed by atoms with van der Waals surface area (Å²) >= 11 is 0. The van der Waals surface area contributed by atoms with Gasteiger partial charge < -0.3 is 40.9 Å². The smallest absolute Gasteiger partial charge is 0.269 e. The average Bonchev–Trinajstić information content (AvgIpc) is 0.740. The third-order valence-corrected chi connectivity index (χ3v) is 17.9. The Bertz CT molecular complexity index is 3780. The number of rotatable bonds is 28. The van der Waals surface area contributed by atoms with Gasteiger partial charge in [-0.15, -0.1) is 20.5 Å². The maximum Gasteiger partial charge on any atom is 0.269 e. The highest BCUT2D eigenvalue weighted by atomic mass is 16.6. The Morgan fingerprint density at radius 2 is 0.430 bits per heavy atom. The van der Waals surface area contributed by atoms with E-state index in [1.807, 2.05) is 27.7 Å². The van der Waals surface area contributed by atoms with E-state index in [0.717, 1.165) is 0 Å². The Labute approximate surface area is 573 Å². The molecule has 0 fully saturated rings. The maximum absolute atomic E-state index is 13.1. The molecule has 28 heteroatoms. The molecule has 0 saturated carbocycles. The largest absolute Gasteiger partial charge is 0.505 e. The van der Waals surface area contributed by atoms with E-state index in [1.165, 1.54) is 121 Å². The molecule has 8 bridgehead atoms. The van der Waals surface area contributed by atoms with Crippen LogP contribution in [0.25, 0.3) is 0 Å². The van der Waals surface area contributed by atoms with Gasteiger partial charge in [0, 0.05) is 117 Å². The van der Waals surface area contributed by atoms with Gasteiger partial charge in [0.05, 0.1) is 42.4 Å². The van der Waals surface area contributed by atoms with Crippen molar-refractivity contribution in [2.24, 2.45) is 40.9 Å². The van der Waals surface area contributed by atoms with Crippen LogP contribution in [0.3, 0.4) is 0 Å². The minimum atomic E-state index is -1.18. The molecule has 8 aromatic carbocycles. The number of aromatic hydroxyl groups is 8. The van der Waals surface area contributed by atoms with Gasteiger partial charge in [-0.1, -0.05) is 105 Å². The second-order valence-corrected chi connectivity index (χ2v) is 24.5. The minimum Gasteiger partial charge on any atom is -0.505 e. The van der Waals surface area contributed by atoms with Crippen LogP contribution in [0.4, 0.5) is 68.2 Å². The first-order valence-electron chi connectivity index (χ1n) is 33.1. The summed E-state index contributed by atoms with van der Waals surface area (Å²) in [5.41, 5.74) is -2.77. The van der Waals surface area contributed by atoms with Crippen LogP contribution in [0.2, 0.25) is 0 Å². The van der Waals surface area contributed by atoms with Gasteiger partial charge in [-0.25, -0.2) is 0 Å². The molecule has 8 aromatic rings. The number of phenols is 8. The molecule has 9 rings (SSSR count). The molecule has 0 radical (unpaired) electrons. The molecule has 0 atom stereocenters. The summed E-state index contributed by atoms with van der Waals surface area (Å²) in [7, 11) is 0. The van der Waals surface area contributed by atoms with E-state index in [0.29, 0.717) is 77.0 Å². The van der Waals surface area contributed by atoms with Gasteiger partial charge in [0.15, 0.2) is 68.7 Å². The number of non-ortho nitro benzene ring substituents is 4. The Hall–Kier alpha value is -11.8. The number of fused-ring (bicyclic) bond motifs is 8. The zero-order chi connectivity index (χ0) is 71.9. The van der Waals surface area contributed by atoms with Crippen molar-refractivity contribution >= 4 is 68.2 Å². The Morgan fingerprint density at radius 3 is 0.570 bits per heavy atom. The number of hydrogen-bond donors (Lipinski definition) is 8. The molecule has 28 nitrogen and oxygen atoms in total. The molecule has 100 heavy (non-hydrogen) atoms. The van der Waals surface area contributed by atoms with E-state index >= 15 is 0 Å². The van der Waals surface area contributed by atoms with Crippen molar-refractivity contribution in [2.45, 2.75) is 154 Å². The fourth-order valence-corrected chi connectivity index (χ4v) is 12.6. The number of nitro groups is 4. The number of hydrogen-bond acceptors (Lipinski definition) is 24. The van der Waals surface area contributed by atoms with Crippen molar-refractivity contribution in [2.75, 3.05) is 0 Å². The summed E-state index contributed by atoms with van der Waals surface area (Å²) < 4.78 is 0. The molecule has 520 valence electrons. The number of phenolic OH excluding ortho intramolecular Hbond substituents is 8. The van der Waals surface area contributed by atoms with Crippen LogP contribution in [0.15, 0.2) is 162 Å². The molecule has 0 aromatic heterocycles. The standard InChI is InChI=1S/C72H76N12O16/c1-5-9-13-17-49-53-37-55(67(87)61(65(53)85)77-73-41-21-29-45(30-22-41)81(93)94)50(18-14-10-6-2)57-39-59(71(91)63(69(57)89)79-75-43-25-33-47(34-26-43)83(97)98)52(20-16-12-8-4)60-40-58(70(90)64(72(60)92)80-76-44-27-35-48(36-28-44)84(99)100)51(19-15-11-7-3)56-38-54(49)66(86)62(68(56)88)78-74-42-23-31-46(32-24-42)82(95)96/h21-40,49-52,85-92H,5-20H2,1-4H3. The molecule has 1 aliphatic carbocycles. The van der Waals surface area contributed by atoms with Crippen molar-refractivity contribution < 1.29 is 60.5 Å². The van der Waals surface area contributed by atoms with E-state index in [2.05, 4.69) is 40.9 Å². The fraction of sp³-hybridized carbons (Fsp3) is 0.333. The third-order valence-electron chi connectivity index (χ3n) is 17.9. The number of nitro benzene ring substituents is 4. The van der Waals surface area contributed by atoms with Crippen LogP contribution in [0.1, 0.15) is 199 Å². The number of nitrogens with zero attached hydrogens (tertiary/aromatic N) is 12. The average molecular weight is 1370 g/mol. The molecule has 0 spiro atoms. The second-order valence-electron chi connectivity index (χ2n) is 24.5. The lowest BCUT2D eigenvalue weighted by atomic mass is 9.75. The predicted molar refractivity (Wildman–Crippen MR) is 372 cm³/mol. The normalized spacial score (nSPS) is 15.3. The van der Waals surface area contributed by atoms with Crippen LogP contribution >= 0.6 is 0 Å². The molecule has 0 amide bonds. The number of benzene rings is 8. The van der Waals surface area contributed by atoms with Crippen molar-refractivity contribution in [1.29, 1.82) is 0 Å². The summed E-state index contributed by atoms with van der Waals surface area (Å²) in [5, 5.41) is 187. The third kappa shape index (κ3) is 16.2. The molecule has 0 unspecified atom stereocenters. The summed E-state index contributed by atoms with van der Waals surface area (Å²) in [4.78, 5) is 44.6. The lowest BCUT2D eigenvalue weighted by Gasteiger charge is -2.30. The molecule has 8 N–H and O–H groups in total. The first-order chi connectivity index (χ1) is 48.1. The van der Waals surface area contributed by atoms with Crippen LogP contribution in [0.5, 0.6) is 46.0 Å². The van der Waals surface area contributed by atoms with E-state index in [1.54, 1.807) is 0 Å². The SMILES string of the molecule is CCCCCC1c2cc(c(O)c(N=Nc3ccc([N+](=O)[O-])cc3)c2O)C(CCCCC)c2cc(c(O)c(N=Nc3ccc([N+](=O)[O-])cc3)c2O)C(CCCCC)c2cc(c(O)c(N=Nc3ccc([N+](=O)[O-])cc3)c2O)C(CCCCC)c2cc1c(O)c(N=Nc1ccc([N+](=O)[O-])cc1)c2O. The summed E-state index contributed by atoms with van der Waals surface area (Å²) in [6, 6.07) is 26.0. The van der Waals surface area contributed by atoms with Gasteiger partial charge in [0.25, 0.3) is 22.7 Å². The molecular formula is C72H76N12O16. The number of azo groups is 4. The van der Waals surface area contributed by atoms with Gasteiger partial charge in [-0.05, 0) is 98.5 Å². The maximum atomic E-state index is 13.1.